The zero-order chi connectivity index (χ0) is 20.2. The van der Waals surface area contributed by atoms with Crippen molar-refractivity contribution in [1.82, 2.24) is 35.7 Å². The standard InChI is InChI=1S/C19H23N7O3/c1-12(2)13-3-5-14(6-4-13)18-20-16(29-23-18)7-8-17(27)26-9-10-28-11-15(26)19-21-24-25-22-19/h3-6,12,15H,7-11H2,1-2H3,(H,21,22,24,25). The molecule has 1 saturated heterocycles. The summed E-state index contributed by atoms with van der Waals surface area (Å²) in [6, 6.07) is 7.76. The second-order valence-corrected chi connectivity index (χ2v) is 7.24. The third-order valence-corrected chi connectivity index (χ3v) is 4.96. The molecule has 0 saturated carbocycles. The molecule has 1 N–H and O–H groups in total. The molecule has 1 unspecified atom stereocenters. The quantitative estimate of drug-likeness (QED) is 0.669. The first kappa shape index (κ1) is 19.2. The number of aromatic nitrogens is 6. The van der Waals surface area contributed by atoms with E-state index in [1.54, 1.807) is 4.90 Å². The van der Waals surface area contributed by atoms with E-state index in [2.05, 4.69) is 56.7 Å². The van der Waals surface area contributed by atoms with Crippen LogP contribution in [0.3, 0.4) is 0 Å². The molecule has 4 rings (SSSR count). The van der Waals surface area contributed by atoms with Gasteiger partial charge in [-0.1, -0.05) is 48.5 Å². The van der Waals surface area contributed by atoms with Crippen LogP contribution in [-0.4, -0.2) is 61.3 Å². The Bertz CT molecular complexity index is 937. The average Bonchev–Trinajstić information content (AvgIpc) is 3.44. The molecule has 1 amide bonds. The number of hydrogen-bond acceptors (Lipinski definition) is 8. The first-order chi connectivity index (χ1) is 14.1. The number of rotatable bonds is 6. The van der Waals surface area contributed by atoms with Crippen LogP contribution in [0.25, 0.3) is 11.4 Å². The summed E-state index contributed by atoms with van der Waals surface area (Å²) in [5.74, 6) is 1.84. The third kappa shape index (κ3) is 4.32. The van der Waals surface area contributed by atoms with E-state index in [0.29, 0.717) is 49.6 Å². The van der Waals surface area contributed by atoms with Crippen LogP contribution in [0.2, 0.25) is 0 Å². The summed E-state index contributed by atoms with van der Waals surface area (Å²) in [6.45, 7) is 5.61. The number of carbonyl (C=O) groups is 1. The van der Waals surface area contributed by atoms with Gasteiger partial charge in [0.25, 0.3) is 0 Å². The van der Waals surface area contributed by atoms with Crippen molar-refractivity contribution in [1.29, 1.82) is 0 Å². The molecule has 1 aliphatic rings. The fraction of sp³-hybridized carbons (Fsp3) is 0.474. The summed E-state index contributed by atoms with van der Waals surface area (Å²) in [4.78, 5) is 18.9. The third-order valence-electron chi connectivity index (χ3n) is 4.96. The van der Waals surface area contributed by atoms with Crippen molar-refractivity contribution in [3.8, 4) is 11.4 Å². The van der Waals surface area contributed by atoms with Crippen LogP contribution in [0.5, 0.6) is 0 Å². The van der Waals surface area contributed by atoms with Gasteiger partial charge in [-0.2, -0.15) is 10.2 Å². The van der Waals surface area contributed by atoms with Crippen LogP contribution >= 0.6 is 0 Å². The Morgan fingerprint density at radius 2 is 2.14 bits per heavy atom. The predicted molar refractivity (Wildman–Crippen MR) is 102 cm³/mol. The second kappa shape index (κ2) is 8.48. The monoisotopic (exact) mass is 397 g/mol. The van der Waals surface area contributed by atoms with Crippen molar-refractivity contribution in [2.75, 3.05) is 19.8 Å². The number of aromatic amines is 1. The minimum Gasteiger partial charge on any atom is -0.377 e. The van der Waals surface area contributed by atoms with Gasteiger partial charge < -0.3 is 14.2 Å². The van der Waals surface area contributed by atoms with Crippen LogP contribution in [0.4, 0.5) is 0 Å². The maximum Gasteiger partial charge on any atom is 0.227 e. The second-order valence-electron chi connectivity index (χ2n) is 7.24. The summed E-state index contributed by atoms with van der Waals surface area (Å²) < 4.78 is 10.8. The fourth-order valence-corrected chi connectivity index (χ4v) is 3.28. The molecule has 1 aliphatic heterocycles. The summed E-state index contributed by atoms with van der Waals surface area (Å²) >= 11 is 0. The molecule has 3 heterocycles. The van der Waals surface area contributed by atoms with Crippen LogP contribution < -0.4 is 0 Å². The Kier molecular flexibility index (Phi) is 5.61. The van der Waals surface area contributed by atoms with E-state index in [9.17, 15) is 4.79 Å². The van der Waals surface area contributed by atoms with E-state index in [1.807, 2.05) is 12.1 Å². The highest BCUT2D eigenvalue weighted by molar-refractivity contribution is 5.77. The molecule has 0 aliphatic carbocycles. The number of nitrogens with one attached hydrogen (secondary N) is 1. The Morgan fingerprint density at radius 1 is 1.31 bits per heavy atom. The fourth-order valence-electron chi connectivity index (χ4n) is 3.28. The Balaban J connectivity index is 1.38. The van der Waals surface area contributed by atoms with E-state index >= 15 is 0 Å². The molecule has 1 fully saturated rings. The molecule has 1 atom stereocenters. The van der Waals surface area contributed by atoms with Crippen LogP contribution in [0.1, 0.15) is 49.5 Å². The highest BCUT2D eigenvalue weighted by atomic mass is 16.5. The van der Waals surface area contributed by atoms with Gasteiger partial charge in [0.1, 0.15) is 6.04 Å². The summed E-state index contributed by atoms with van der Waals surface area (Å²) in [5.41, 5.74) is 2.14. The zero-order valence-corrected chi connectivity index (χ0v) is 16.4. The highest BCUT2D eigenvalue weighted by Gasteiger charge is 2.31. The van der Waals surface area contributed by atoms with E-state index in [-0.39, 0.29) is 18.4 Å². The maximum atomic E-state index is 12.7. The molecule has 10 heteroatoms. The largest absolute Gasteiger partial charge is 0.377 e. The summed E-state index contributed by atoms with van der Waals surface area (Å²) in [6.07, 6.45) is 0.620. The number of tetrazole rings is 1. The van der Waals surface area contributed by atoms with Gasteiger partial charge in [0.2, 0.25) is 17.6 Å². The SMILES string of the molecule is CC(C)c1ccc(-c2noc(CCC(=O)N3CCOCC3c3nn[nH]n3)n2)cc1. The number of carbonyl (C=O) groups excluding carboxylic acids is 1. The number of hydrogen-bond donors (Lipinski definition) is 1. The molecule has 0 radical (unpaired) electrons. The Labute approximate surface area is 167 Å². The van der Waals surface area contributed by atoms with Crippen LogP contribution in [0.15, 0.2) is 28.8 Å². The average molecular weight is 397 g/mol. The summed E-state index contributed by atoms with van der Waals surface area (Å²) in [5, 5.41) is 18.0. The first-order valence-corrected chi connectivity index (χ1v) is 9.65. The normalized spacial score (nSPS) is 17.1. The Morgan fingerprint density at radius 3 is 2.86 bits per heavy atom. The molecular formula is C19H23N7O3. The van der Waals surface area contributed by atoms with E-state index < -0.39 is 0 Å². The zero-order valence-electron chi connectivity index (χ0n) is 16.4. The van der Waals surface area contributed by atoms with Crippen molar-refractivity contribution < 1.29 is 14.1 Å². The molecule has 29 heavy (non-hydrogen) atoms. The molecule has 1 aromatic carbocycles. The van der Waals surface area contributed by atoms with Gasteiger partial charge in [-0.15, -0.1) is 10.2 Å². The minimum absolute atomic E-state index is 0.0378. The van der Waals surface area contributed by atoms with Crippen molar-refractivity contribution >= 4 is 5.91 Å². The van der Waals surface area contributed by atoms with E-state index in [1.165, 1.54) is 5.56 Å². The highest BCUT2D eigenvalue weighted by Crippen LogP contribution is 2.23. The van der Waals surface area contributed by atoms with E-state index in [4.69, 9.17) is 9.26 Å². The smallest absolute Gasteiger partial charge is 0.227 e. The lowest BCUT2D eigenvalue weighted by molar-refractivity contribution is -0.140. The molecule has 2 aromatic heterocycles. The maximum absolute atomic E-state index is 12.7. The molecule has 0 bridgehead atoms. The number of ether oxygens (including phenoxy) is 1. The van der Waals surface area contributed by atoms with Gasteiger partial charge in [0, 0.05) is 24.9 Å². The number of H-pyrrole nitrogens is 1. The molecule has 3 aromatic rings. The van der Waals surface area contributed by atoms with Gasteiger partial charge in [-0.05, 0) is 11.5 Å². The molecule has 10 nitrogen and oxygen atoms in total. The number of nitrogens with zero attached hydrogens (tertiary/aromatic N) is 6. The van der Waals surface area contributed by atoms with Crippen molar-refractivity contribution in [3.05, 3.63) is 41.5 Å². The summed E-state index contributed by atoms with van der Waals surface area (Å²) in [7, 11) is 0. The number of morpholine rings is 1. The topological polar surface area (TPSA) is 123 Å². The van der Waals surface area contributed by atoms with Gasteiger partial charge in [-0.3, -0.25) is 4.79 Å². The first-order valence-electron chi connectivity index (χ1n) is 9.65. The van der Waals surface area contributed by atoms with Gasteiger partial charge >= 0.3 is 0 Å². The van der Waals surface area contributed by atoms with E-state index in [0.717, 1.165) is 5.56 Å². The lowest BCUT2D eigenvalue weighted by Crippen LogP contribution is -2.44. The molecular weight excluding hydrogens is 374 g/mol. The van der Waals surface area contributed by atoms with Crippen LogP contribution in [-0.2, 0) is 16.0 Å². The van der Waals surface area contributed by atoms with Crippen molar-refractivity contribution in [3.63, 3.8) is 0 Å². The van der Waals surface area contributed by atoms with Crippen molar-refractivity contribution in [2.24, 2.45) is 0 Å². The predicted octanol–water partition coefficient (Wildman–Crippen LogP) is 1.91. The van der Waals surface area contributed by atoms with Gasteiger partial charge in [-0.25, -0.2) is 0 Å². The minimum atomic E-state index is -0.340. The lowest BCUT2D eigenvalue weighted by atomic mass is 10.0. The lowest BCUT2D eigenvalue weighted by Gasteiger charge is -2.33. The number of benzene rings is 1. The van der Waals surface area contributed by atoms with Gasteiger partial charge in [0.05, 0.1) is 13.2 Å². The number of amides is 1. The molecule has 0 spiro atoms. The van der Waals surface area contributed by atoms with Crippen molar-refractivity contribution in [2.45, 2.75) is 38.6 Å². The number of aryl methyl sites for hydroxylation is 1. The van der Waals surface area contributed by atoms with Crippen LogP contribution in [0, 0.1) is 0 Å². The molecule has 152 valence electrons. The Hall–Kier alpha value is -3.14. The van der Waals surface area contributed by atoms with Gasteiger partial charge in [0.15, 0.2) is 5.82 Å².